The first-order valence-electron chi connectivity index (χ1n) is 6.09. The van der Waals surface area contributed by atoms with E-state index in [1.54, 1.807) is 0 Å². The Balaban J connectivity index is 1.86. The van der Waals surface area contributed by atoms with E-state index >= 15 is 0 Å². The zero-order chi connectivity index (χ0) is 11.4. The molecule has 0 radical (unpaired) electrons. The van der Waals surface area contributed by atoms with E-state index in [0.717, 1.165) is 24.8 Å². The molecule has 0 amide bonds. The van der Waals surface area contributed by atoms with Crippen LogP contribution in [0, 0.1) is 6.92 Å². The van der Waals surface area contributed by atoms with Crippen molar-refractivity contribution in [2.45, 2.75) is 38.8 Å². The Labute approximate surface area is 102 Å². The molecule has 1 aliphatic rings. The summed E-state index contributed by atoms with van der Waals surface area (Å²) < 4.78 is 2.21. The molecule has 1 atom stereocenters. The van der Waals surface area contributed by atoms with Crippen LogP contribution < -0.4 is 0 Å². The molecule has 0 aromatic carbocycles. The molecule has 0 bridgehead atoms. The Bertz CT molecular complexity index is 324. The fraction of sp³-hybridized carbons (Fsp3) is 0.750. The highest BCUT2D eigenvalue weighted by Crippen LogP contribution is 2.17. The normalized spacial score (nSPS) is 22.5. The summed E-state index contributed by atoms with van der Waals surface area (Å²) in [7, 11) is 0. The van der Waals surface area contributed by atoms with E-state index in [0.29, 0.717) is 6.04 Å². The zero-order valence-corrected chi connectivity index (χ0v) is 10.7. The fourth-order valence-corrected chi connectivity index (χ4v) is 2.75. The molecular formula is C12H20ClN3. The highest BCUT2D eigenvalue weighted by atomic mass is 35.5. The molecule has 1 aromatic rings. The van der Waals surface area contributed by atoms with Gasteiger partial charge < -0.3 is 4.57 Å². The highest BCUT2D eigenvalue weighted by Gasteiger charge is 2.20. The molecule has 0 saturated carbocycles. The molecule has 0 N–H and O–H groups in total. The summed E-state index contributed by atoms with van der Waals surface area (Å²) in [5.41, 5.74) is 0. The minimum Gasteiger partial charge on any atom is -0.334 e. The smallest absolute Gasteiger partial charge is 0.105 e. The third kappa shape index (κ3) is 2.77. The number of nitrogens with zero attached hydrogens (tertiary/aromatic N) is 3. The first kappa shape index (κ1) is 11.9. The van der Waals surface area contributed by atoms with Gasteiger partial charge in [0.15, 0.2) is 0 Å². The van der Waals surface area contributed by atoms with Crippen molar-refractivity contribution in [2.75, 3.05) is 19.0 Å². The maximum atomic E-state index is 6.01. The molecule has 0 spiro atoms. The van der Waals surface area contributed by atoms with Crippen molar-refractivity contribution < 1.29 is 0 Å². The number of likely N-dealkylation sites (tertiary alicyclic amines) is 1. The van der Waals surface area contributed by atoms with Crippen molar-refractivity contribution in [3.05, 3.63) is 18.2 Å². The van der Waals surface area contributed by atoms with E-state index in [4.69, 9.17) is 11.6 Å². The van der Waals surface area contributed by atoms with E-state index < -0.39 is 0 Å². The molecule has 3 nitrogen and oxygen atoms in total. The molecule has 1 unspecified atom stereocenters. The number of rotatable bonds is 4. The van der Waals surface area contributed by atoms with Crippen molar-refractivity contribution in [1.29, 1.82) is 0 Å². The zero-order valence-electron chi connectivity index (χ0n) is 9.90. The first-order chi connectivity index (χ1) is 7.81. The summed E-state index contributed by atoms with van der Waals surface area (Å²) in [5.74, 6) is 1.86. The van der Waals surface area contributed by atoms with Gasteiger partial charge in [0.2, 0.25) is 0 Å². The van der Waals surface area contributed by atoms with Gasteiger partial charge in [-0.05, 0) is 26.3 Å². The van der Waals surface area contributed by atoms with Gasteiger partial charge in [0.05, 0.1) is 0 Å². The Morgan fingerprint density at radius 3 is 3.00 bits per heavy atom. The van der Waals surface area contributed by atoms with Gasteiger partial charge in [0.1, 0.15) is 5.82 Å². The maximum Gasteiger partial charge on any atom is 0.105 e. The third-order valence-corrected chi connectivity index (χ3v) is 3.84. The van der Waals surface area contributed by atoms with Crippen LogP contribution in [0.3, 0.4) is 0 Å². The molecular weight excluding hydrogens is 222 g/mol. The predicted octanol–water partition coefficient (Wildman–Crippen LogP) is 2.28. The number of imidazole rings is 1. The van der Waals surface area contributed by atoms with Gasteiger partial charge >= 0.3 is 0 Å². The minimum atomic E-state index is 0.583. The maximum absolute atomic E-state index is 6.01. The average Bonchev–Trinajstić information content (AvgIpc) is 2.72. The number of alkyl halides is 1. The second kappa shape index (κ2) is 5.69. The van der Waals surface area contributed by atoms with Crippen LogP contribution in [0.15, 0.2) is 12.4 Å². The van der Waals surface area contributed by atoms with E-state index in [1.165, 1.54) is 25.8 Å². The lowest BCUT2D eigenvalue weighted by Crippen LogP contribution is -2.42. The van der Waals surface area contributed by atoms with Crippen LogP contribution in [0.5, 0.6) is 0 Å². The second-order valence-electron chi connectivity index (χ2n) is 4.51. The van der Waals surface area contributed by atoms with E-state index in [-0.39, 0.29) is 0 Å². The van der Waals surface area contributed by atoms with Gasteiger partial charge in [-0.3, -0.25) is 4.90 Å². The molecule has 2 rings (SSSR count). The van der Waals surface area contributed by atoms with Crippen LogP contribution in [0.4, 0.5) is 0 Å². The minimum absolute atomic E-state index is 0.583. The summed E-state index contributed by atoms with van der Waals surface area (Å²) in [4.78, 5) is 6.76. The second-order valence-corrected chi connectivity index (χ2v) is 4.82. The topological polar surface area (TPSA) is 21.1 Å². The summed E-state index contributed by atoms with van der Waals surface area (Å²) in [6, 6.07) is 0.583. The molecule has 1 aliphatic heterocycles. The van der Waals surface area contributed by atoms with Crippen LogP contribution in [-0.2, 0) is 6.54 Å². The number of piperidine rings is 1. The molecule has 16 heavy (non-hydrogen) atoms. The van der Waals surface area contributed by atoms with Gasteiger partial charge in [0, 0.05) is 37.4 Å². The van der Waals surface area contributed by atoms with Gasteiger partial charge in [-0.2, -0.15) is 0 Å². The molecule has 90 valence electrons. The summed E-state index contributed by atoms with van der Waals surface area (Å²) in [5, 5.41) is 0. The lowest BCUT2D eigenvalue weighted by atomic mass is 10.0. The molecule has 1 saturated heterocycles. The van der Waals surface area contributed by atoms with Crippen molar-refractivity contribution in [2.24, 2.45) is 0 Å². The number of hydrogen-bond donors (Lipinski definition) is 0. The number of aryl methyl sites for hydroxylation is 1. The van der Waals surface area contributed by atoms with Crippen LogP contribution in [0.1, 0.15) is 25.1 Å². The van der Waals surface area contributed by atoms with Crippen molar-refractivity contribution >= 4 is 11.6 Å². The quantitative estimate of drug-likeness (QED) is 0.755. The Morgan fingerprint density at radius 1 is 1.44 bits per heavy atom. The molecule has 2 heterocycles. The van der Waals surface area contributed by atoms with Crippen molar-refractivity contribution in [3.63, 3.8) is 0 Å². The van der Waals surface area contributed by atoms with E-state index in [1.807, 2.05) is 6.20 Å². The largest absolute Gasteiger partial charge is 0.334 e. The summed E-state index contributed by atoms with van der Waals surface area (Å²) in [6.07, 6.45) is 7.82. The van der Waals surface area contributed by atoms with Crippen LogP contribution in [-0.4, -0.2) is 39.5 Å². The third-order valence-electron chi connectivity index (χ3n) is 3.48. The SMILES string of the molecule is Cc1nccn1CCN1CCCCC1CCl. The number of aromatic nitrogens is 2. The van der Waals surface area contributed by atoms with Gasteiger partial charge in [-0.25, -0.2) is 4.98 Å². The number of hydrogen-bond acceptors (Lipinski definition) is 2. The van der Waals surface area contributed by atoms with E-state index in [9.17, 15) is 0 Å². The summed E-state index contributed by atoms with van der Waals surface area (Å²) >= 11 is 6.01. The van der Waals surface area contributed by atoms with Crippen LogP contribution in [0.25, 0.3) is 0 Å². The van der Waals surface area contributed by atoms with Crippen molar-refractivity contribution in [1.82, 2.24) is 14.5 Å². The number of halogens is 1. The monoisotopic (exact) mass is 241 g/mol. The average molecular weight is 242 g/mol. The Kier molecular flexibility index (Phi) is 4.24. The molecule has 1 fully saturated rings. The van der Waals surface area contributed by atoms with Crippen LogP contribution in [0.2, 0.25) is 0 Å². The fourth-order valence-electron chi connectivity index (χ4n) is 2.41. The Morgan fingerprint density at radius 2 is 2.31 bits per heavy atom. The predicted molar refractivity (Wildman–Crippen MR) is 66.9 cm³/mol. The molecule has 1 aromatic heterocycles. The van der Waals surface area contributed by atoms with Crippen molar-refractivity contribution in [3.8, 4) is 0 Å². The Hall–Kier alpha value is -0.540. The molecule has 4 heteroatoms. The lowest BCUT2D eigenvalue weighted by Gasteiger charge is -2.34. The first-order valence-corrected chi connectivity index (χ1v) is 6.62. The lowest BCUT2D eigenvalue weighted by molar-refractivity contribution is 0.157. The van der Waals surface area contributed by atoms with Gasteiger partial charge in [-0.15, -0.1) is 11.6 Å². The van der Waals surface area contributed by atoms with Gasteiger partial charge in [0.25, 0.3) is 0 Å². The highest BCUT2D eigenvalue weighted by molar-refractivity contribution is 6.18. The van der Waals surface area contributed by atoms with E-state index in [2.05, 4.69) is 27.6 Å². The standard InChI is InChI=1S/C12H20ClN3/c1-11-14-5-7-15(11)8-9-16-6-3-2-4-12(16)10-13/h5,7,12H,2-4,6,8-10H2,1H3. The molecule has 0 aliphatic carbocycles. The van der Waals surface area contributed by atoms with Crippen LogP contribution >= 0.6 is 11.6 Å². The van der Waals surface area contributed by atoms with Gasteiger partial charge in [-0.1, -0.05) is 6.42 Å². The summed E-state index contributed by atoms with van der Waals surface area (Å²) in [6.45, 7) is 5.37.